The lowest BCUT2D eigenvalue weighted by Crippen LogP contribution is -2.44. The topological polar surface area (TPSA) is 15.3 Å². The van der Waals surface area contributed by atoms with Crippen molar-refractivity contribution in [2.45, 2.75) is 32.7 Å². The number of nitrogens with one attached hydrogen (secondary N) is 1. The van der Waals surface area contributed by atoms with Crippen molar-refractivity contribution in [3.63, 3.8) is 0 Å². The van der Waals surface area contributed by atoms with Crippen molar-refractivity contribution >= 4 is 0 Å². The van der Waals surface area contributed by atoms with Crippen molar-refractivity contribution in [1.82, 2.24) is 10.2 Å². The van der Waals surface area contributed by atoms with E-state index in [1.54, 1.807) is 0 Å². The predicted octanol–water partition coefficient (Wildman–Crippen LogP) is 1.33. The molecule has 0 aromatic carbocycles. The number of hydrogen-bond donors (Lipinski definition) is 1. The lowest BCUT2D eigenvalue weighted by Gasteiger charge is -2.31. The van der Waals surface area contributed by atoms with Gasteiger partial charge in [-0.3, -0.25) is 0 Å². The van der Waals surface area contributed by atoms with E-state index in [0.29, 0.717) is 5.54 Å². The van der Waals surface area contributed by atoms with Gasteiger partial charge in [-0.15, -0.1) is 0 Å². The normalized spacial score (nSPS) is 26.5. The third kappa shape index (κ3) is 1.99. The molecule has 2 nitrogen and oxygen atoms in total. The molecule has 0 radical (unpaired) electrons. The molecule has 0 spiro atoms. The molecule has 1 fully saturated rings. The zero-order valence-corrected chi connectivity index (χ0v) is 8.85. The van der Waals surface area contributed by atoms with Crippen LogP contribution < -0.4 is 5.32 Å². The molecule has 2 heteroatoms. The Kier molecular flexibility index (Phi) is 3.13. The van der Waals surface area contributed by atoms with Gasteiger partial charge in [0.25, 0.3) is 0 Å². The molecule has 1 N–H and O–H groups in total. The second-order valence-electron chi connectivity index (χ2n) is 4.35. The van der Waals surface area contributed by atoms with Gasteiger partial charge in [0.2, 0.25) is 0 Å². The molecule has 1 aliphatic rings. The highest BCUT2D eigenvalue weighted by atomic mass is 15.2. The summed E-state index contributed by atoms with van der Waals surface area (Å²) in [5.74, 6) is 0.822. The van der Waals surface area contributed by atoms with Crippen LogP contribution in [0.15, 0.2) is 0 Å². The third-order valence-electron chi connectivity index (χ3n) is 3.38. The van der Waals surface area contributed by atoms with Crippen LogP contribution in [0.4, 0.5) is 0 Å². The number of rotatable bonds is 3. The second-order valence-corrected chi connectivity index (χ2v) is 4.35. The van der Waals surface area contributed by atoms with E-state index in [1.165, 1.54) is 26.1 Å². The molecule has 1 aliphatic heterocycles. The van der Waals surface area contributed by atoms with Crippen LogP contribution in [-0.2, 0) is 0 Å². The zero-order valence-electron chi connectivity index (χ0n) is 8.85. The molecule has 0 saturated carbocycles. The van der Waals surface area contributed by atoms with E-state index in [-0.39, 0.29) is 0 Å². The maximum atomic E-state index is 3.40. The first-order chi connectivity index (χ1) is 5.60. The minimum Gasteiger partial charge on any atom is -0.314 e. The summed E-state index contributed by atoms with van der Waals surface area (Å²) in [4.78, 5) is 2.53. The van der Waals surface area contributed by atoms with Gasteiger partial charge in [0.1, 0.15) is 0 Å². The van der Waals surface area contributed by atoms with Gasteiger partial charge in [-0.05, 0) is 46.3 Å². The van der Waals surface area contributed by atoms with Crippen LogP contribution in [0.1, 0.15) is 27.2 Å². The van der Waals surface area contributed by atoms with E-state index in [2.05, 4.69) is 38.0 Å². The summed E-state index contributed by atoms with van der Waals surface area (Å²) in [5, 5.41) is 3.40. The SMILES string of the molecule is CCN1CCC(C(C)(C)NC)C1. The molecule has 0 bridgehead atoms. The van der Waals surface area contributed by atoms with E-state index >= 15 is 0 Å². The Labute approximate surface area is 76.3 Å². The Morgan fingerprint density at radius 3 is 2.58 bits per heavy atom. The lowest BCUT2D eigenvalue weighted by molar-refractivity contribution is 0.256. The van der Waals surface area contributed by atoms with Gasteiger partial charge in [-0.1, -0.05) is 6.92 Å². The Bertz CT molecular complexity index is 143. The highest BCUT2D eigenvalue weighted by Gasteiger charge is 2.32. The zero-order chi connectivity index (χ0) is 9.19. The molecule has 1 rings (SSSR count). The summed E-state index contributed by atoms with van der Waals surface area (Å²) in [6.07, 6.45) is 1.35. The fraction of sp³-hybridized carbons (Fsp3) is 1.00. The van der Waals surface area contributed by atoms with Gasteiger partial charge >= 0.3 is 0 Å². The van der Waals surface area contributed by atoms with Crippen molar-refractivity contribution in [3.8, 4) is 0 Å². The summed E-state index contributed by atoms with van der Waals surface area (Å²) in [6.45, 7) is 10.6. The molecule has 1 heterocycles. The molecule has 1 saturated heterocycles. The van der Waals surface area contributed by atoms with Crippen molar-refractivity contribution < 1.29 is 0 Å². The molecule has 0 aromatic rings. The Morgan fingerprint density at radius 2 is 2.17 bits per heavy atom. The second kappa shape index (κ2) is 3.75. The van der Waals surface area contributed by atoms with Gasteiger partial charge < -0.3 is 10.2 Å². The number of likely N-dealkylation sites (tertiary alicyclic amines) is 1. The fourth-order valence-electron chi connectivity index (χ4n) is 1.91. The predicted molar refractivity (Wildman–Crippen MR) is 53.4 cm³/mol. The van der Waals surface area contributed by atoms with Crippen LogP contribution in [-0.4, -0.2) is 37.1 Å². The van der Waals surface area contributed by atoms with Crippen LogP contribution >= 0.6 is 0 Å². The monoisotopic (exact) mass is 170 g/mol. The maximum absolute atomic E-state index is 3.40. The third-order valence-corrected chi connectivity index (χ3v) is 3.38. The Hall–Kier alpha value is -0.0800. The van der Waals surface area contributed by atoms with Crippen LogP contribution in [0, 0.1) is 5.92 Å². The first-order valence-corrected chi connectivity index (χ1v) is 5.01. The van der Waals surface area contributed by atoms with Crippen molar-refractivity contribution in [2.24, 2.45) is 5.92 Å². The fourth-order valence-corrected chi connectivity index (χ4v) is 1.91. The molecule has 0 aliphatic carbocycles. The number of hydrogen-bond acceptors (Lipinski definition) is 2. The quantitative estimate of drug-likeness (QED) is 0.687. The average molecular weight is 170 g/mol. The van der Waals surface area contributed by atoms with Crippen LogP contribution in [0.25, 0.3) is 0 Å². The summed E-state index contributed by atoms with van der Waals surface area (Å²) < 4.78 is 0. The highest BCUT2D eigenvalue weighted by Crippen LogP contribution is 2.26. The number of nitrogens with zero attached hydrogens (tertiary/aromatic N) is 1. The Morgan fingerprint density at radius 1 is 1.50 bits per heavy atom. The van der Waals surface area contributed by atoms with Gasteiger partial charge in [-0.25, -0.2) is 0 Å². The van der Waals surface area contributed by atoms with E-state index < -0.39 is 0 Å². The minimum atomic E-state index is 0.309. The van der Waals surface area contributed by atoms with Crippen molar-refractivity contribution in [3.05, 3.63) is 0 Å². The molecule has 0 amide bonds. The van der Waals surface area contributed by atoms with E-state index in [9.17, 15) is 0 Å². The van der Waals surface area contributed by atoms with E-state index in [4.69, 9.17) is 0 Å². The van der Waals surface area contributed by atoms with Crippen molar-refractivity contribution in [1.29, 1.82) is 0 Å². The van der Waals surface area contributed by atoms with Crippen molar-refractivity contribution in [2.75, 3.05) is 26.7 Å². The van der Waals surface area contributed by atoms with E-state index in [1.807, 2.05) is 0 Å². The minimum absolute atomic E-state index is 0.309. The largest absolute Gasteiger partial charge is 0.314 e. The van der Waals surface area contributed by atoms with Crippen LogP contribution in [0.2, 0.25) is 0 Å². The first kappa shape index (κ1) is 10.0. The molecular formula is C10H22N2. The molecule has 0 aromatic heterocycles. The molecule has 1 unspecified atom stereocenters. The standard InChI is InChI=1S/C10H22N2/c1-5-12-7-6-9(8-12)10(2,3)11-4/h9,11H,5-8H2,1-4H3. The van der Waals surface area contributed by atoms with Gasteiger partial charge in [0.05, 0.1) is 0 Å². The van der Waals surface area contributed by atoms with E-state index in [0.717, 1.165) is 5.92 Å². The van der Waals surface area contributed by atoms with Gasteiger partial charge in [0, 0.05) is 12.1 Å². The summed E-state index contributed by atoms with van der Waals surface area (Å²) in [7, 11) is 2.06. The molecule has 72 valence electrons. The smallest absolute Gasteiger partial charge is 0.0162 e. The molecule has 1 atom stereocenters. The van der Waals surface area contributed by atoms with Crippen LogP contribution in [0.5, 0.6) is 0 Å². The van der Waals surface area contributed by atoms with Crippen LogP contribution in [0.3, 0.4) is 0 Å². The first-order valence-electron chi connectivity index (χ1n) is 5.01. The lowest BCUT2D eigenvalue weighted by atomic mass is 9.87. The summed E-state index contributed by atoms with van der Waals surface area (Å²) in [6, 6.07) is 0. The Balaban J connectivity index is 2.46. The summed E-state index contributed by atoms with van der Waals surface area (Å²) >= 11 is 0. The van der Waals surface area contributed by atoms with Gasteiger partial charge in [-0.2, -0.15) is 0 Å². The molecular weight excluding hydrogens is 148 g/mol. The average Bonchev–Trinajstić information content (AvgIpc) is 2.52. The molecule has 12 heavy (non-hydrogen) atoms. The highest BCUT2D eigenvalue weighted by molar-refractivity contribution is 4.90. The summed E-state index contributed by atoms with van der Waals surface area (Å²) in [5.41, 5.74) is 0.309. The van der Waals surface area contributed by atoms with Gasteiger partial charge in [0.15, 0.2) is 0 Å². The maximum Gasteiger partial charge on any atom is 0.0162 e.